The van der Waals surface area contributed by atoms with E-state index in [0.29, 0.717) is 18.5 Å². The lowest BCUT2D eigenvalue weighted by atomic mass is 9.86. The second-order valence-electron chi connectivity index (χ2n) is 8.68. The molecule has 2 aromatic rings. The van der Waals surface area contributed by atoms with E-state index in [1.807, 2.05) is 18.2 Å². The maximum absolute atomic E-state index is 11.9. The average molecular weight is 419 g/mol. The molecule has 0 saturated heterocycles. The predicted molar refractivity (Wildman–Crippen MR) is 112 cm³/mol. The average Bonchev–Trinajstić information content (AvgIpc) is 3.41. The van der Waals surface area contributed by atoms with Crippen LogP contribution in [-0.2, 0) is 15.4 Å². The smallest absolute Gasteiger partial charge is 0.321 e. The molecular formula is C21H30N4O3S. The zero-order chi connectivity index (χ0) is 20.5. The van der Waals surface area contributed by atoms with Crippen molar-refractivity contribution in [2.75, 3.05) is 11.9 Å². The number of aromatic nitrogens is 2. The van der Waals surface area contributed by atoms with Crippen LogP contribution in [0.3, 0.4) is 0 Å². The van der Waals surface area contributed by atoms with Crippen molar-refractivity contribution in [2.24, 2.45) is 5.92 Å². The number of nitrogens with zero attached hydrogens (tertiary/aromatic N) is 2. The van der Waals surface area contributed by atoms with E-state index in [1.54, 1.807) is 13.8 Å². The number of anilines is 1. The summed E-state index contributed by atoms with van der Waals surface area (Å²) < 4.78 is 32.1. The molecule has 0 bridgehead atoms. The first-order chi connectivity index (χ1) is 13.9. The highest BCUT2D eigenvalue weighted by Gasteiger charge is 2.50. The van der Waals surface area contributed by atoms with E-state index in [-0.39, 0.29) is 11.5 Å². The lowest BCUT2D eigenvalue weighted by Gasteiger charge is -2.28. The Bertz CT molecular complexity index is 914. The van der Waals surface area contributed by atoms with E-state index in [0.717, 1.165) is 44.3 Å². The van der Waals surface area contributed by atoms with E-state index in [4.69, 9.17) is 4.52 Å². The predicted octanol–water partition coefficient (Wildman–Crippen LogP) is 3.45. The molecule has 1 aromatic heterocycles. The lowest BCUT2D eigenvalue weighted by molar-refractivity contribution is 0.329. The third kappa shape index (κ3) is 4.48. The van der Waals surface area contributed by atoms with Crippen molar-refractivity contribution >= 4 is 16.0 Å². The van der Waals surface area contributed by atoms with Crippen LogP contribution in [-0.4, -0.2) is 36.4 Å². The standard InChI is InChI=1S/C21H30N4O3S/c1-15(2)29(26,27)22-14-16-8-10-18(11-9-16)23-20-24-19(25-28-20)21(12-13-21)17-6-4-3-5-7-17/h3-7,15-16,18,22H,8-14H2,1-2H3,(H,23,24,25)/t16-,18-. The normalized spacial score (nSPS) is 23.8. The van der Waals surface area contributed by atoms with E-state index < -0.39 is 15.3 Å². The number of sulfonamides is 1. The Kier molecular flexibility index (Phi) is 5.66. The van der Waals surface area contributed by atoms with Crippen LogP contribution >= 0.6 is 0 Å². The van der Waals surface area contributed by atoms with Crippen molar-refractivity contribution in [3.05, 3.63) is 41.7 Å². The Morgan fingerprint density at radius 3 is 2.45 bits per heavy atom. The van der Waals surface area contributed by atoms with Crippen molar-refractivity contribution < 1.29 is 12.9 Å². The molecule has 2 aliphatic rings. The van der Waals surface area contributed by atoms with Crippen LogP contribution in [0, 0.1) is 5.92 Å². The summed E-state index contributed by atoms with van der Waals surface area (Å²) in [6.07, 6.45) is 5.99. The Morgan fingerprint density at radius 1 is 1.14 bits per heavy atom. The third-order valence-corrected chi connectivity index (χ3v) is 8.11. The van der Waals surface area contributed by atoms with Crippen molar-refractivity contribution in [1.82, 2.24) is 14.9 Å². The van der Waals surface area contributed by atoms with Gasteiger partial charge in [0.25, 0.3) is 0 Å². The molecule has 0 atom stereocenters. The highest BCUT2D eigenvalue weighted by molar-refractivity contribution is 7.90. The highest BCUT2D eigenvalue weighted by Crippen LogP contribution is 2.52. The second-order valence-corrected chi connectivity index (χ2v) is 11.0. The summed E-state index contributed by atoms with van der Waals surface area (Å²) in [5, 5.41) is 7.25. The second kappa shape index (κ2) is 8.07. The fourth-order valence-corrected chi connectivity index (χ4v) is 4.89. The Morgan fingerprint density at radius 2 is 1.83 bits per heavy atom. The molecule has 29 heavy (non-hydrogen) atoms. The number of rotatable bonds is 8. The molecule has 0 unspecified atom stereocenters. The van der Waals surface area contributed by atoms with Gasteiger partial charge in [0.1, 0.15) is 0 Å². The zero-order valence-electron chi connectivity index (χ0n) is 17.1. The molecule has 0 radical (unpaired) electrons. The van der Waals surface area contributed by atoms with Crippen molar-refractivity contribution in [2.45, 2.75) is 69.1 Å². The monoisotopic (exact) mass is 418 g/mol. The number of benzene rings is 1. The van der Waals surface area contributed by atoms with Crippen molar-refractivity contribution in [3.63, 3.8) is 0 Å². The van der Waals surface area contributed by atoms with Crippen LogP contribution in [0.15, 0.2) is 34.9 Å². The molecule has 4 rings (SSSR count). The van der Waals surface area contributed by atoms with Crippen LogP contribution in [0.4, 0.5) is 6.01 Å². The van der Waals surface area contributed by atoms with Gasteiger partial charge in [-0.25, -0.2) is 13.1 Å². The maximum atomic E-state index is 11.9. The topological polar surface area (TPSA) is 97.1 Å². The van der Waals surface area contributed by atoms with Gasteiger partial charge >= 0.3 is 6.01 Å². The van der Waals surface area contributed by atoms with Gasteiger partial charge in [0.05, 0.1) is 10.7 Å². The fourth-order valence-electron chi connectivity index (χ4n) is 4.09. The fraction of sp³-hybridized carbons (Fsp3) is 0.619. The first-order valence-corrected chi connectivity index (χ1v) is 12.1. The van der Waals surface area contributed by atoms with Crippen molar-refractivity contribution in [3.8, 4) is 0 Å². The van der Waals surface area contributed by atoms with Crippen LogP contribution in [0.5, 0.6) is 0 Å². The Labute approximate surface area is 172 Å². The van der Waals surface area contributed by atoms with Crippen LogP contribution in [0.25, 0.3) is 0 Å². The SMILES string of the molecule is CC(C)S(=O)(=O)NC[C@H]1CC[C@H](Nc2nc(C3(c4ccccc4)CC3)no2)CC1. The van der Waals surface area contributed by atoms with Crippen LogP contribution in [0.1, 0.15) is 63.8 Å². The van der Waals surface area contributed by atoms with E-state index in [1.165, 1.54) is 5.56 Å². The minimum absolute atomic E-state index is 0.0874. The summed E-state index contributed by atoms with van der Waals surface area (Å²) in [5.41, 5.74) is 1.16. The van der Waals surface area contributed by atoms with Crippen LogP contribution < -0.4 is 10.0 Å². The van der Waals surface area contributed by atoms with Crippen LogP contribution in [0.2, 0.25) is 0 Å². The first kappa shape index (κ1) is 20.3. The molecule has 2 saturated carbocycles. The molecular weight excluding hydrogens is 388 g/mol. The Balaban J connectivity index is 1.29. The molecule has 8 heteroatoms. The van der Waals surface area contributed by atoms with Gasteiger partial charge < -0.3 is 9.84 Å². The largest absolute Gasteiger partial charge is 0.335 e. The zero-order valence-corrected chi connectivity index (χ0v) is 17.9. The summed E-state index contributed by atoms with van der Waals surface area (Å²) in [6.45, 7) is 3.92. The maximum Gasteiger partial charge on any atom is 0.321 e. The molecule has 0 amide bonds. The molecule has 2 aliphatic carbocycles. The number of hydrogen-bond acceptors (Lipinski definition) is 6. The minimum atomic E-state index is -3.19. The molecule has 158 valence electrons. The highest BCUT2D eigenvalue weighted by atomic mass is 32.2. The van der Waals surface area contributed by atoms with Gasteiger partial charge in [-0.05, 0) is 63.9 Å². The summed E-state index contributed by atoms with van der Waals surface area (Å²) >= 11 is 0. The molecule has 0 aliphatic heterocycles. The quantitative estimate of drug-likeness (QED) is 0.681. The van der Waals surface area contributed by atoms with E-state index >= 15 is 0 Å². The van der Waals surface area contributed by atoms with Gasteiger partial charge in [-0.1, -0.05) is 35.5 Å². The summed E-state index contributed by atoms with van der Waals surface area (Å²) in [5.74, 6) is 1.15. The van der Waals surface area contributed by atoms with Gasteiger partial charge in [0.2, 0.25) is 10.0 Å². The van der Waals surface area contributed by atoms with Gasteiger partial charge in [-0.2, -0.15) is 4.98 Å². The molecule has 1 heterocycles. The minimum Gasteiger partial charge on any atom is -0.335 e. The molecule has 1 aromatic carbocycles. The molecule has 2 N–H and O–H groups in total. The van der Waals surface area contributed by atoms with Gasteiger partial charge in [-0.15, -0.1) is 0 Å². The van der Waals surface area contributed by atoms with Crippen molar-refractivity contribution in [1.29, 1.82) is 0 Å². The van der Waals surface area contributed by atoms with Gasteiger partial charge in [0, 0.05) is 12.6 Å². The molecule has 7 nitrogen and oxygen atoms in total. The van der Waals surface area contributed by atoms with E-state index in [2.05, 4.69) is 32.3 Å². The molecule has 0 spiro atoms. The van der Waals surface area contributed by atoms with E-state index in [9.17, 15) is 8.42 Å². The Hall–Kier alpha value is -1.93. The third-order valence-electron chi connectivity index (χ3n) is 6.30. The first-order valence-electron chi connectivity index (χ1n) is 10.5. The molecule has 2 fully saturated rings. The van der Waals surface area contributed by atoms with Gasteiger partial charge in [-0.3, -0.25) is 0 Å². The number of hydrogen-bond donors (Lipinski definition) is 2. The lowest BCUT2D eigenvalue weighted by Crippen LogP contribution is -2.37. The summed E-state index contributed by atoms with van der Waals surface area (Å²) in [4.78, 5) is 4.64. The summed E-state index contributed by atoms with van der Waals surface area (Å²) in [7, 11) is -3.19. The van der Waals surface area contributed by atoms with Gasteiger partial charge in [0.15, 0.2) is 5.82 Å². The summed E-state index contributed by atoms with van der Waals surface area (Å²) in [6, 6.07) is 11.2. The number of nitrogens with one attached hydrogen (secondary N) is 2.